The zero-order chi connectivity index (χ0) is 22.8. The summed E-state index contributed by atoms with van der Waals surface area (Å²) in [5.41, 5.74) is 1.39. The Morgan fingerprint density at radius 2 is 2.00 bits per heavy atom. The molecule has 32 heavy (non-hydrogen) atoms. The summed E-state index contributed by atoms with van der Waals surface area (Å²) in [5, 5.41) is 22.8. The Morgan fingerprint density at radius 3 is 2.62 bits per heavy atom. The van der Waals surface area contributed by atoms with Crippen LogP contribution in [0.2, 0.25) is 0 Å². The first-order chi connectivity index (χ1) is 15.4. The van der Waals surface area contributed by atoms with Gasteiger partial charge in [0.2, 0.25) is 0 Å². The Kier molecular flexibility index (Phi) is 6.23. The van der Waals surface area contributed by atoms with Crippen LogP contribution in [0.5, 0.6) is 5.75 Å². The summed E-state index contributed by atoms with van der Waals surface area (Å²) < 4.78 is 14.7. The number of hydrogen-bond donors (Lipinski definition) is 3. The van der Waals surface area contributed by atoms with Crippen LogP contribution >= 0.6 is 0 Å². The summed E-state index contributed by atoms with van der Waals surface area (Å²) >= 11 is 0. The minimum absolute atomic E-state index is 0.176. The molecule has 1 aromatic carbocycles. The van der Waals surface area contributed by atoms with Crippen molar-refractivity contribution in [3.05, 3.63) is 69.4 Å². The van der Waals surface area contributed by atoms with E-state index < -0.39 is 23.3 Å². The molecule has 2 aromatic heterocycles. The highest BCUT2D eigenvalue weighted by atomic mass is 19.1. The quantitative estimate of drug-likeness (QED) is 0.501. The second-order valence-electron chi connectivity index (χ2n) is 8.36. The van der Waals surface area contributed by atoms with Crippen LogP contribution in [0.25, 0.3) is 11.0 Å². The molecule has 0 bridgehead atoms. The van der Waals surface area contributed by atoms with E-state index in [1.165, 1.54) is 16.7 Å². The monoisotopic (exact) mass is 439 g/mol. The number of fused-ring (bicyclic) bond motifs is 1. The lowest BCUT2D eigenvalue weighted by Crippen LogP contribution is -2.40. The fourth-order valence-corrected chi connectivity index (χ4v) is 3.76. The van der Waals surface area contributed by atoms with Gasteiger partial charge in [-0.1, -0.05) is 19.1 Å². The first-order valence-corrected chi connectivity index (χ1v) is 10.8. The fourth-order valence-electron chi connectivity index (χ4n) is 3.76. The van der Waals surface area contributed by atoms with Crippen molar-refractivity contribution in [1.29, 1.82) is 0 Å². The molecule has 4 rings (SSSR count). The Balaban J connectivity index is 1.79. The zero-order valence-electron chi connectivity index (χ0n) is 17.8. The third-order valence-electron chi connectivity index (χ3n) is 5.87. The molecule has 7 nitrogen and oxygen atoms in total. The van der Waals surface area contributed by atoms with Crippen LogP contribution in [0.15, 0.2) is 41.3 Å². The van der Waals surface area contributed by atoms with E-state index in [9.17, 15) is 24.2 Å². The third-order valence-corrected chi connectivity index (χ3v) is 5.87. The van der Waals surface area contributed by atoms with E-state index in [-0.39, 0.29) is 23.5 Å². The van der Waals surface area contributed by atoms with Crippen LogP contribution in [-0.4, -0.2) is 38.3 Å². The molecule has 1 atom stereocenters. The number of benzene rings is 1. The van der Waals surface area contributed by atoms with Crippen molar-refractivity contribution in [2.24, 2.45) is 5.92 Å². The predicted molar refractivity (Wildman–Crippen MR) is 118 cm³/mol. The Labute approximate surface area is 184 Å². The molecule has 1 fully saturated rings. The molecule has 1 aliphatic carbocycles. The van der Waals surface area contributed by atoms with Crippen molar-refractivity contribution < 1.29 is 19.4 Å². The van der Waals surface area contributed by atoms with E-state index in [4.69, 9.17) is 0 Å². The summed E-state index contributed by atoms with van der Waals surface area (Å²) in [6, 6.07) is 7.43. The van der Waals surface area contributed by atoms with Crippen molar-refractivity contribution in [2.75, 3.05) is 6.61 Å². The van der Waals surface area contributed by atoms with Gasteiger partial charge >= 0.3 is 0 Å². The van der Waals surface area contributed by atoms with Crippen LogP contribution in [0.1, 0.15) is 47.7 Å². The van der Waals surface area contributed by atoms with Gasteiger partial charge in [-0.15, -0.1) is 0 Å². The average Bonchev–Trinajstić information content (AvgIpc) is 3.61. The van der Waals surface area contributed by atoms with Crippen molar-refractivity contribution in [3.8, 4) is 5.75 Å². The minimum atomic E-state index is -0.725. The molecule has 1 unspecified atom stereocenters. The molecular formula is C24H26FN3O4. The van der Waals surface area contributed by atoms with Crippen molar-refractivity contribution >= 4 is 16.9 Å². The number of amides is 1. The van der Waals surface area contributed by atoms with E-state index in [0.717, 1.165) is 24.0 Å². The molecule has 3 N–H and O–H groups in total. The highest BCUT2D eigenvalue weighted by Gasteiger charge is 2.28. The van der Waals surface area contributed by atoms with Gasteiger partial charge in [0.05, 0.1) is 18.2 Å². The molecule has 1 saturated carbocycles. The number of aliphatic hydroxyl groups excluding tert-OH is 1. The number of nitrogens with one attached hydrogen (secondary N) is 1. The number of nitrogens with zero attached hydrogens (tertiary/aromatic N) is 2. The van der Waals surface area contributed by atoms with Crippen LogP contribution < -0.4 is 10.9 Å². The van der Waals surface area contributed by atoms with Crippen molar-refractivity contribution in [2.45, 2.75) is 45.2 Å². The number of aliphatic hydroxyl groups is 1. The number of hydrogen-bond acceptors (Lipinski definition) is 5. The highest BCUT2D eigenvalue weighted by Crippen LogP contribution is 2.33. The van der Waals surface area contributed by atoms with Crippen LogP contribution in [-0.2, 0) is 13.0 Å². The maximum Gasteiger partial charge on any atom is 0.267 e. The Morgan fingerprint density at radius 1 is 1.28 bits per heavy atom. The summed E-state index contributed by atoms with van der Waals surface area (Å²) in [7, 11) is 0. The second-order valence-corrected chi connectivity index (χ2v) is 8.36. The normalized spacial score (nSPS) is 14.5. The molecule has 8 heteroatoms. The molecule has 1 aliphatic rings. The van der Waals surface area contributed by atoms with Gasteiger partial charge in [-0.05, 0) is 60.9 Å². The number of carbonyl (C=O) groups excluding carboxylic acids is 1. The van der Waals surface area contributed by atoms with Gasteiger partial charge in [-0.25, -0.2) is 4.39 Å². The molecule has 0 aliphatic heterocycles. The topological polar surface area (TPSA) is 104 Å². The number of rotatable bonds is 8. The van der Waals surface area contributed by atoms with Crippen molar-refractivity contribution in [3.63, 3.8) is 0 Å². The highest BCUT2D eigenvalue weighted by molar-refractivity contribution is 6.01. The largest absolute Gasteiger partial charge is 0.505 e. The van der Waals surface area contributed by atoms with Gasteiger partial charge in [0.1, 0.15) is 16.9 Å². The minimum Gasteiger partial charge on any atom is -0.505 e. The molecule has 0 saturated heterocycles. The molecule has 168 valence electrons. The lowest BCUT2D eigenvalue weighted by atomic mass is 10.0. The first-order valence-electron chi connectivity index (χ1n) is 10.8. The second kappa shape index (κ2) is 9.08. The molecule has 2 heterocycles. The SMILES string of the molecule is CCC(CO)NC(=O)c1c(O)c2ncc(Cc3ccc(F)cc3)cc2n(CC2CC2)c1=O. The van der Waals surface area contributed by atoms with Gasteiger partial charge in [0.25, 0.3) is 11.5 Å². The van der Waals surface area contributed by atoms with Gasteiger partial charge in [0, 0.05) is 12.7 Å². The summed E-state index contributed by atoms with van der Waals surface area (Å²) in [4.78, 5) is 30.5. The van der Waals surface area contributed by atoms with Crippen LogP contribution in [0.3, 0.4) is 0 Å². The fraction of sp³-hybridized carbons (Fsp3) is 0.375. The number of aromatic hydroxyl groups is 1. The summed E-state index contributed by atoms with van der Waals surface area (Å²) in [6.07, 6.45) is 4.56. The van der Waals surface area contributed by atoms with E-state index in [1.54, 1.807) is 31.3 Å². The smallest absolute Gasteiger partial charge is 0.267 e. The predicted octanol–water partition coefficient (Wildman–Crippen LogP) is 2.74. The number of halogens is 1. The molecular weight excluding hydrogens is 413 g/mol. The molecule has 3 aromatic rings. The van der Waals surface area contributed by atoms with Crippen molar-refractivity contribution in [1.82, 2.24) is 14.9 Å². The maximum atomic E-state index is 13.3. The summed E-state index contributed by atoms with van der Waals surface area (Å²) in [6.45, 7) is 1.98. The Hall–Kier alpha value is -3.26. The van der Waals surface area contributed by atoms with Gasteiger partial charge in [0.15, 0.2) is 5.75 Å². The van der Waals surface area contributed by atoms with Gasteiger partial charge in [-0.2, -0.15) is 0 Å². The third kappa shape index (κ3) is 4.50. The van der Waals surface area contributed by atoms with E-state index in [1.807, 2.05) is 0 Å². The van der Waals surface area contributed by atoms with Crippen LogP contribution in [0.4, 0.5) is 4.39 Å². The molecule has 0 radical (unpaired) electrons. The molecule has 0 spiro atoms. The number of aromatic nitrogens is 2. The Bertz CT molecular complexity index is 1200. The zero-order valence-corrected chi connectivity index (χ0v) is 17.8. The lowest BCUT2D eigenvalue weighted by Gasteiger charge is -2.17. The standard InChI is InChI=1S/C24H26FN3O4/c1-2-18(13-29)27-23(31)20-22(30)21-19(28(24(20)32)12-15-3-4-15)10-16(11-26-21)9-14-5-7-17(25)8-6-14/h5-8,10-11,15,18,29-30H,2-4,9,12-13H2,1H3,(H,27,31). The maximum absolute atomic E-state index is 13.3. The van der Waals surface area contributed by atoms with E-state index in [0.29, 0.717) is 30.8 Å². The van der Waals surface area contributed by atoms with E-state index >= 15 is 0 Å². The van der Waals surface area contributed by atoms with Crippen LogP contribution in [0, 0.1) is 11.7 Å². The first kappa shape index (κ1) is 22.0. The molecule has 1 amide bonds. The number of carbonyl (C=O) groups is 1. The lowest BCUT2D eigenvalue weighted by molar-refractivity contribution is 0.0910. The van der Waals surface area contributed by atoms with E-state index in [2.05, 4.69) is 10.3 Å². The number of pyridine rings is 2. The van der Waals surface area contributed by atoms with Gasteiger partial charge < -0.3 is 20.1 Å². The summed E-state index contributed by atoms with van der Waals surface area (Å²) in [5.74, 6) is -1.16. The van der Waals surface area contributed by atoms with Gasteiger partial charge in [-0.3, -0.25) is 14.6 Å². The average molecular weight is 439 g/mol.